The Morgan fingerprint density at radius 2 is 1.86 bits per heavy atom. The minimum Gasteiger partial charge on any atom is -0.507 e. The number of hydroxylamine groups is 2. The molecule has 1 heterocycles. The molecular formula is C24H31N3O8. The van der Waals surface area contributed by atoms with Crippen LogP contribution in [-0.4, -0.2) is 57.4 Å². The van der Waals surface area contributed by atoms with Crippen LogP contribution in [0.1, 0.15) is 66.9 Å². The number of amides is 3. The lowest BCUT2D eigenvalue weighted by molar-refractivity contribution is -0.168. The molecule has 35 heavy (non-hydrogen) atoms. The summed E-state index contributed by atoms with van der Waals surface area (Å²) in [5, 5.41) is 34.4. The van der Waals surface area contributed by atoms with Gasteiger partial charge in [-0.05, 0) is 37.1 Å². The molecule has 2 rings (SSSR count). The number of carboxylic acid groups (broad SMARTS) is 1. The molecule has 0 bridgehead atoms. The monoisotopic (exact) mass is 489 g/mol. The molecule has 3 amide bonds. The summed E-state index contributed by atoms with van der Waals surface area (Å²) < 4.78 is 5.50. The number of rotatable bonds is 14. The van der Waals surface area contributed by atoms with Gasteiger partial charge in [0.2, 0.25) is 12.3 Å². The number of benzene rings is 1. The van der Waals surface area contributed by atoms with Gasteiger partial charge in [-0.1, -0.05) is 39.2 Å². The first kappa shape index (κ1) is 27.4. The minimum absolute atomic E-state index is 0.0514. The average Bonchev–Trinajstić information content (AvgIpc) is 3.33. The fourth-order valence-electron chi connectivity index (χ4n) is 3.76. The van der Waals surface area contributed by atoms with Crippen LogP contribution in [0.25, 0.3) is 11.3 Å². The lowest BCUT2D eigenvalue weighted by Gasteiger charge is -2.29. The highest BCUT2D eigenvalue weighted by Crippen LogP contribution is 2.28. The molecule has 1 aromatic carbocycles. The molecule has 0 unspecified atom stereocenters. The molecule has 0 spiro atoms. The van der Waals surface area contributed by atoms with E-state index in [1.807, 2.05) is 6.92 Å². The molecule has 0 aliphatic carbocycles. The highest BCUT2D eigenvalue weighted by molar-refractivity contribution is 5.93. The van der Waals surface area contributed by atoms with E-state index in [1.54, 1.807) is 6.92 Å². The highest BCUT2D eigenvalue weighted by Gasteiger charge is 2.30. The lowest BCUT2D eigenvalue weighted by atomic mass is 9.90. The Morgan fingerprint density at radius 1 is 1.11 bits per heavy atom. The Bertz CT molecular complexity index is 1040. The number of carboxylic acids is 1. The van der Waals surface area contributed by atoms with Crippen molar-refractivity contribution in [2.75, 3.05) is 6.67 Å². The molecule has 11 nitrogen and oxygen atoms in total. The van der Waals surface area contributed by atoms with Crippen LogP contribution in [0, 0.1) is 5.92 Å². The van der Waals surface area contributed by atoms with Crippen molar-refractivity contribution in [3.63, 3.8) is 0 Å². The molecule has 0 radical (unpaired) electrons. The number of aromatic carboxylic acids is 1. The number of hydrogen-bond donors (Lipinski definition) is 5. The van der Waals surface area contributed by atoms with Crippen molar-refractivity contribution >= 4 is 24.2 Å². The van der Waals surface area contributed by atoms with E-state index in [9.17, 15) is 29.5 Å². The molecule has 1 aromatic heterocycles. The fraction of sp³-hybridized carbons (Fsp3) is 0.417. The zero-order chi connectivity index (χ0) is 26.0. The van der Waals surface area contributed by atoms with Gasteiger partial charge in [0.1, 0.15) is 17.1 Å². The van der Waals surface area contributed by atoms with Gasteiger partial charge < -0.3 is 25.3 Å². The van der Waals surface area contributed by atoms with Crippen LogP contribution < -0.4 is 10.6 Å². The molecule has 190 valence electrons. The smallest absolute Gasteiger partial charge is 0.339 e. The second kappa shape index (κ2) is 13.1. The zero-order valence-corrected chi connectivity index (χ0v) is 19.7. The van der Waals surface area contributed by atoms with Crippen molar-refractivity contribution < 1.29 is 39.0 Å². The largest absolute Gasteiger partial charge is 0.507 e. The SMILES string of the molecule is CCCCC[C@@H](C(=O)NCNC(=O)c1ccc(-c2ccc(C(=O)O)c(O)c2)o1)[C@@H](CC)N(O)C=O. The van der Waals surface area contributed by atoms with E-state index in [0.717, 1.165) is 19.3 Å². The molecule has 0 aliphatic heterocycles. The van der Waals surface area contributed by atoms with Crippen molar-refractivity contribution in [2.45, 2.75) is 52.0 Å². The van der Waals surface area contributed by atoms with E-state index in [2.05, 4.69) is 10.6 Å². The Balaban J connectivity index is 1.99. The van der Waals surface area contributed by atoms with Crippen LogP contribution in [0.3, 0.4) is 0 Å². The van der Waals surface area contributed by atoms with Gasteiger partial charge in [-0.25, -0.2) is 9.86 Å². The molecule has 5 N–H and O–H groups in total. The van der Waals surface area contributed by atoms with Crippen molar-refractivity contribution in [1.82, 2.24) is 15.7 Å². The number of phenols is 1. The van der Waals surface area contributed by atoms with E-state index in [4.69, 9.17) is 9.52 Å². The van der Waals surface area contributed by atoms with E-state index >= 15 is 0 Å². The standard InChI is InChI=1S/C24H31N3O8/c1-3-5-6-7-16(18(4-2)27(34)14-28)22(30)25-13-26-23(31)21-11-10-20(35-21)15-8-9-17(24(32)33)19(29)12-15/h8-12,14,16,18,29,34H,3-7,13H2,1-2H3,(H,25,30)(H,26,31)(H,32,33)/t16-,18-/m1/s1. The van der Waals surface area contributed by atoms with Crippen LogP contribution >= 0.6 is 0 Å². The quantitative estimate of drug-likeness (QED) is 0.0886. The van der Waals surface area contributed by atoms with E-state index in [0.29, 0.717) is 23.5 Å². The van der Waals surface area contributed by atoms with Gasteiger partial charge in [0.25, 0.3) is 5.91 Å². The summed E-state index contributed by atoms with van der Waals surface area (Å²) in [6.07, 6.45) is 3.74. The summed E-state index contributed by atoms with van der Waals surface area (Å²) in [5.74, 6) is -3.16. The fourth-order valence-corrected chi connectivity index (χ4v) is 3.76. The molecule has 11 heteroatoms. The van der Waals surface area contributed by atoms with Crippen LogP contribution in [-0.2, 0) is 9.59 Å². The van der Waals surface area contributed by atoms with E-state index in [1.165, 1.54) is 30.3 Å². The minimum atomic E-state index is -1.27. The second-order valence-corrected chi connectivity index (χ2v) is 7.99. The van der Waals surface area contributed by atoms with Gasteiger partial charge in [-0.3, -0.25) is 19.6 Å². The normalized spacial score (nSPS) is 12.4. The zero-order valence-electron chi connectivity index (χ0n) is 19.7. The van der Waals surface area contributed by atoms with Crippen molar-refractivity contribution in [3.05, 3.63) is 41.7 Å². The molecule has 2 atom stereocenters. The van der Waals surface area contributed by atoms with Gasteiger partial charge in [0.15, 0.2) is 5.76 Å². The molecule has 0 aliphatic rings. The topological polar surface area (TPSA) is 169 Å². The van der Waals surface area contributed by atoms with Crippen LogP contribution in [0.2, 0.25) is 0 Å². The first-order valence-corrected chi connectivity index (χ1v) is 11.4. The number of carbonyl (C=O) groups is 4. The Morgan fingerprint density at radius 3 is 2.46 bits per heavy atom. The van der Waals surface area contributed by atoms with E-state index in [-0.39, 0.29) is 30.2 Å². The number of nitrogens with zero attached hydrogens (tertiary/aromatic N) is 1. The number of hydrogen-bond acceptors (Lipinski definition) is 7. The van der Waals surface area contributed by atoms with Gasteiger partial charge in [0, 0.05) is 5.56 Å². The van der Waals surface area contributed by atoms with Gasteiger partial charge in [-0.15, -0.1) is 0 Å². The van der Waals surface area contributed by atoms with Gasteiger partial charge >= 0.3 is 5.97 Å². The summed E-state index contributed by atoms with van der Waals surface area (Å²) in [7, 11) is 0. The van der Waals surface area contributed by atoms with Gasteiger partial charge in [-0.2, -0.15) is 0 Å². The maximum absolute atomic E-state index is 12.8. The summed E-state index contributed by atoms with van der Waals surface area (Å²) >= 11 is 0. The molecule has 0 saturated heterocycles. The highest BCUT2D eigenvalue weighted by atomic mass is 16.5. The third-order valence-electron chi connectivity index (χ3n) is 5.64. The third kappa shape index (κ3) is 7.31. The number of furan rings is 1. The molecule has 0 saturated carbocycles. The predicted octanol–water partition coefficient (Wildman–Crippen LogP) is 2.98. The number of nitrogens with one attached hydrogen (secondary N) is 2. The predicted molar refractivity (Wildman–Crippen MR) is 125 cm³/mol. The van der Waals surface area contributed by atoms with E-state index < -0.39 is 35.5 Å². The van der Waals surface area contributed by atoms with Crippen molar-refractivity contribution in [1.29, 1.82) is 0 Å². The van der Waals surface area contributed by atoms with Crippen LogP contribution in [0.15, 0.2) is 34.7 Å². The van der Waals surface area contributed by atoms with Gasteiger partial charge in [0.05, 0.1) is 18.6 Å². The summed E-state index contributed by atoms with van der Waals surface area (Å²) in [4.78, 5) is 47.3. The molecular weight excluding hydrogens is 458 g/mol. The first-order valence-electron chi connectivity index (χ1n) is 11.4. The lowest BCUT2D eigenvalue weighted by Crippen LogP contribution is -2.47. The van der Waals surface area contributed by atoms with Crippen molar-refractivity contribution in [3.8, 4) is 17.1 Å². The summed E-state index contributed by atoms with van der Waals surface area (Å²) in [6.45, 7) is 3.59. The van der Waals surface area contributed by atoms with Crippen molar-refractivity contribution in [2.24, 2.45) is 5.92 Å². The number of aromatic hydroxyl groups is 1. The number of carbonyl (C=O) groups excluding carboxylic acids is 3. The first-order chi connectivity index (χ1) is 16.7. The summed E-state index contributed by atoms with van der Waals surface area (Å²) in [6, 6.07) is 6.10. The Hall–Kier alpha value is -3.86. The second-order valence-electron chi connectivity index (χ2n) is 7.99. The average molecular weight is 490 g/mol. The molecule has 2 aromatic rings. The summed E-state index contributed by atoms with van der Waals surface area (Å²) in [5.41, 5.74) is 0.119. The Labute approximate surface area is 202 Å². The number of unbranched alkanes of at least 4 members (excludes halogenated alkanes) is 2. The van der Waals surface area contributed by atoms with Crippen LogP contribution in [0.4, 0.5) is 0 Å². The third-order valence-corrected chi connectivity index (χ3v) is 5.64. The Kier molecular flexibility index (Phi) is 10.3. The van der Waals surface area contributed by atoms with Crippen LogP contribution in [0.5, 0.6) is 5.75 Å². The maximum atomic E-state index is 12.8. The molecule has 0 fully saturated rings. The maximum Gasteiger partial charge on any atom is 0.339 e.